The minimum atomic E-state index is 0.237. The first-order chi connectivity index (χ1) is 11.2. The average molecular weight is 335 g/mol. The second kappa shape index (κ2) is 7.12. The Hall–Kier alpha value is -1.90. The van der Waals surface area contributed by atoms with Crippen LogP contribution in [0.15, 0.2) is 12.7 Å². The standard InChI is InChI=1S/C14H21N7OS/c1-19-12(7-21-10-15-9-16-21)17-18-14(19)11-3-5-20(6-4-11)13(22)8-23-2/h9-11H,3-8H2,1-2H3. The van der Waals surface area contributed by atoms with Crippen LogP contribution in [0.25, 0.3) is 0 Å². The number of hydrogen-bond donors (Lipinski definition) is 0. The third-order valence-electron chi connectivity index (χ3n) is 4.25. The molecule has 2 aromatic rings. The van der Waals surface area contributed by atoms with E-state index in [1.165, 1.54) is 6.33 Å². The van der Waals surface area contributed by atoms with E-state index in [-0.39, 0.29) is 5.91 Å². The second-order valence-corrected chi connectivity index (χ2v) is 6.58. The molecule has 1 aliphatic rings. The Morgan fingerprint density at radius 1 is 1.35 bits per heavy atom. The number of thioether (sulfide) groups is 1. The van der Waals surface area contributed by atoms with Gasteiger partial charge in [0.05, 0.1) is 5.75 Å². The number of likely N-dealkylation sites (tertiary alicyclic amines) is 1. The summed E-state index contributed by atoms with van der Waals surface area (Å²) in [6, 6.07) is 0. The first-order valence-corrected chi connectivity index (χ1v) is 9.05. The van der Waals surface area contributed by atoms with Crippen LogP contribution in [0.5, 0.6) is 0 Å². The van der Waals surface area contributed by atoms with Gasteiger partial charge in [0.1, 0.15) is 25.0 Å². The molecule has 0 N–H and O–H groups in total. The molecule has 8 nitrogen and oxygen atoms in total. The third kappa shape index (κ3) is 3.54. The molecule has 0 aliphatic carbocycles. The van der Waals surface area contributed by atoms with Crippen molar-refractivity contribution in [2.24, 2.45) is 7.05 Å². The Balaban J connectivity index is 1.62. The summed E-state index contributed by atoms with van der Waals surface area (Å²) in [6.07, 6.45) is 7.02. The fourth-order valence-corrected chi connectivity index (χ4v) is 3.36. The summed E-state index contributed by atoms with van der Waals surface area (Å²) < 4.78 is 3.78. The highest BCUT2D eigenvalue weighted by Crippen LogP contribution is 2.27. The summed E-state index contributed by atoms with van der Waals surface area (Å²) >= 11 is 1.58. The highest BCUT2D eigenvalue weighted by Gasteiger charge is 2.27. The fourth-order valence-electron chi connectivity index (χ4n) is 2.93. The van der Waals surface area contributed by atoms with Crippen LogP contribution in [0.1, 0.15) is 30.4 Å². The number of rotatable bonds is 5. The van der Waals surface area contributed by atoms with Crippen molar-refractivity contribution in [2.45, 2.75) is 25.3 Å². The Labute approximate surface area is 139 Å². The number of amides is 1. The number of carbonyl (C=O) groups is 1. The number of hydrogen-bond acceptors (Lipinski definition) is 6. The van der Waals surface area contributed by atoms with Crippen LogP contribution in [-0.4, -0.2) is 65.4 Å². The van der Waals surface area contributed by atoms with Crippen molar-refractivity contribution in [2.75, 3.05) is 25.1 Å². The summed E-state index contributed by atoms with van der Waals surface area (Å²) in [5.74, 6) is 3.02. The molecule has 0 atom stereocenters. The quantitative estimate of drug-likeness (QED) is 0.792. The molecule has 0 spiro atoms. The van der Waals surface area contributed by atoms with Crippen LogP contribution < -0.4 is 0 Å². The van der Waals surface area contributed by atoms with Gasteiger partial charge in [-0.05, 0) is 19.1 Å². The van der Waals surface area contributed by atoms with Crippen molar-refractivity contribution in [1.82, 2.24) is 34.4 Å². The molecule has 0 saturated carbocycles. The maximum Gasteiger partial charge on any atom is 0.232 e. The number of aromatic nitrogens is 6. The highest BCUT2D eigenvalue weighted by atomic mass is 32.2. The predicted octanol–water partition coefficient (Wildman–Crippen LogP) is 0.524. The van der Waals surface area contributed by atoms with E-state index in [4.69, 9.17) is 0 Å². The maximum absolute atomic E-state index is 11.9. The molecule has 124 valence electrons. The SMILES string of the molecule is CSCC(=O)N1CCC(c2nnc(Cn3cncn3)n2C)CC1. The Bertz CT molecular complexity index is 646. The van der Waals surface area contributed by atoms with E-state index in [1.807, 2.05) is 22.8 Å². The van der Waals surface area contributed by atoms with Crippen LogP contribution in [0, 0.1) is 0 Å². The van der Waals surface area contributed by atoms with Crippen molar-refractivity contribution in [1.29, 1.82) is 0 Å². The van der Waals surface area contributed by atoms with Crippen molar-refractivity contribution in [3.05, 3.63) is 24.3 Å². The van der Waals surface area contributed by atoms with Crippen molar-refractivity contribution in [3.8, 4) is 0 Å². The van der Waals surface area contributed by atoms with E-state index >= 15 is 0 Å². The average Bonchev–Trinajstić information content (AvgIpc) is 3.19. The molecule has 9 heteroatoms. The molecule has 1 fully saturated rings. The molecule has 3 rings (SSSR count). The smallest absolute Gasteiger partial charge is 0.232 e. The van der Waals surface area contributed by atoms with Gasteiger partial charge in [0.25, 0.3) is 0 Å². The van der Waals surface area contributed by atoms with E-state index in [2.05, 4.69) is 20.3 Å². The topological polar surface area (TPSA) is 81.7 Å². The summed E-state index contributed by atoms with van der Waals surface area (Å²) in [7, 11) is 1.99. The lowest BCUT2D eigenvalue weighted by Gasteiger charge is -2.31. The van der Waals surface area contributed by atoms with Gasteiger partial charge in [0, 0.05) is 26.1 Å². The van der Waals surface area contributed by atoms with E-state index < -0.39 is 0 Å². The van der Waals surface area contributed by atoms with E-state index in [0.717, 1.165) is 37.6 Å². The van der Waals surface area contributed by atoms with Gasteiger partial charge >= 0.3 is 0 Å². The van der Waals surface area contributed by atoms with Crippen LogP contribution in [0.3, 0.4) is 0 Å². The van der Waals surface area contributed by atoms with Crippen LogP contribution in [-0.2, 0) is 18.4 Å². The van der Waals surface area contributed by atoms with Gasteiger partial charge in [-0.3, -0.25) is 4.79 Å². The molecule has 0 aromatic carbocycles. The predicted molar refractivity (Wildman–Crippen MR) is 87.1 cm³/mol. The minimum Gasteiger partial charge on any atom is -0.342 e. The fraction of sp³-hybridized carbons (Fsp3) is 0.643. The lowest BCUT2D eigenvalue weighted by molar-refractivity contribution is -0.129. The van der Waals surface area contributed by atoms with E-state index in [9.17, 15) is 4.79 Å². The number of piperidine rings is 1. The summed E-state index contributed by atoms with van der Waals surface area (Å²) in [4.78, 5) is 17.8. The van der Waals surface area contributed by atoms with Crippen LogP contribution in [0.2, 0.25) is 0 Å². The lowest BCUT2D eigenvalue weighted by atomic mass is 9.96. The first-order valence-electron chi connectivity index (χ1n) is 7.66. The van der Waals surface area contributed by atoms with E-state index in [0.29, 0.717) is 18.2 Å². The Morgan fingerprint density at radius 3 is 2.78 bits per heavy atom. The lowest BCUT2D eigenvalue weighted by Crippen LogP contribution is -2.39. The molecular weight excluding hydrogens is 314 g/mol. The van der Waals surface area contributed by atoms with Gasteiger partial charge in [-0.15, -0.1) is 10.2 Å². The first kappa shape index (κ1) is 16.0. The van der Waals surface area contributed by atoms with Gasteiger partial charge in [-0.2, -0.15) is 16.9 Å². The Morgan fingerprint density at radius 2 is 2.13 bits per heavy atom. The number of nitrogens with zero attached hydrogens (tertiary/aromatic N) is 7. The van der Waals surface area contributed by atoms with Crippen LogP contribution >= 0.6 is 11.8 Å². The zero-order valence-corrected chi connectivity index (χ0v) is 14.2. The molecule has 23 heavy (non-hydrogen) atoms. The summed E-state index contributed by atoms with van der Waals surface area (Å²) in [5, 5.41) is 12.8. The monoisotopic (exact) mass is 335 g/mol. The van der Waals surface area contributed by atoms with Gasteiger partial charge < -0.3 is 9.47 Å². The molecule has 0 unspecified atom stereocenters. The Kier molecular flexibility index (Phi) is 4.94. The van der Waals surface area contributed by atoms with Crippen molar-refractivity contribution in [3.63, 3.8) is 0 Å². The molecule has 3 heterocycles. The number of carbonyl (C=O) groups excluding carboxylic acids is 1. The normalized spacial score (nSPS) is 16.0. The molecule has 1 aliphatic heterocycles. The molecule has 2 aromatic heterocycles. The van der Waals surface area contributed by atoms with Gasteiger partial charge in [-0.25, -0.2) is 9.67 Å². The summed E-state index contributed by atoms with van der Waals surface area (Å²) in [5.41, 5.74) is 0. The maximum atomic E-state index is 11.9. The third-order valence-corrected chi connectivity index (χ3v) is 4.78. The molecule has 1 amide bonds. The van der Waals surface area contributed by atoms with Gasteiger partial charge in [0.2, 0.25) is 5.91 Å². The highest BCUT2D eigenvalue weighted by molar-refractivity contribution is 7.99. The van der Waals surface area contributed by atoms with Gasteiger partial charge in [0.15, 0.2) is 5.82 Å². The van der Waals surface area contributed by atoms with E-state index in [1.54, 1.807) is 22.8 Å². The van der Waals surface area contributed by atoms with Crippen molar-refractivity contribution < 1.29 is 4.79 Å². The second-order valence-electron chi connectivity index (χ2n) is 5.71. The van der Waals surface area contributed by atoms with Crippen molar-refractivity contribution >= 4 is 17.7 Å². The summed E-state index contributed by atoms with van der Waals surface area (Å²) in [6.45, 7) is 2.17. The largest absolute Gasteiger partial charge is 0.342 e. The molecule has 0 radical (unpaired) electrons. The molecule has 1 saturated heterocycles. The van der Waals surface area contributed by atoms with Gasteiger partial charge in [-0.1, -0.05) is 0 Å². The van der Waals surface area contributed by atoms with Crippen LogP contribution in [0.4, 0.5) is 0 Å². The molecule has 0 bridgehead atoms. The zero-order chi connectivity index (χ0) is 16.2. The minimum absolute atomic E-state index is 0.237. The molecular formula is C14H21N7OS. The zero-order valence-electron chi connectivity index (χ0n) is 13.4.